The first-order valence-corrected chi connectivity index (χ1v) is 7.57. The number of halogens is 3. The molecule has 21 heavy (non-hydrogen) atoms. The topological polar surface area (TPSA) is 51.1 Å². The molecule has 7 heteroatoms. The first kappa shape index (κ1) is 16.1. The summed E-state index contributed by atoms with van der Waals surface area (Å²) in [4.78, 5) is 24.2. The second-order valence-corrected chi connectivity index (χ2v) is 6.15. The summed E-state index contributed by atoms with van der Waals surface area (Å²) < 4.78 is 2.12. The first-order valence-electron chi connectivity index (χ1n) is 6.02. The van der Waals surface area contributed by atoms with E-state index >= 15 is 0 Å². The molecular formula is C14H11BrCl2N2O2. The average molecular weight is 390 g/mol. The lowest BCUT2D eigenvalue weighted by atomic mass is 10.2. The minimum atomic E-state index is -0.739. The molecule has 0 aliphatic rings. The monoisotopic (exact) mass is 388 g/mol. The fraction of sp³-hybridized carbons (Fsp3) is 0.143. The van der Waals surface area contributed by atoms with Crippen molar-refractivity contribution in [2.75, 3.05) is 5.32 Å². The lowest BCUT2D eigenvalue weighted by molar-refractivity contribution is -0.118. The van der Waals surface area contributed by atoms with Gasteiger partial charge in [-0.1, -0.05) is 39.1 Å². The first-order chi connectivity index (χ1) is 9.88. The van der Waals surface area contributed by atoms with Gasteiger partial charge in [-0.2, -0.15) is 0 Å². The van der Waals surface area contributed by atoms with Gasteiger partial charge in [-0.15, -0.1) is 0 Å². The normalized spacial score (nSPS) is 12.0. The van der Waals surface area contributed by atoms with Crippen LogP contribution in [0.1, 0.15) is 13.0 Å². The van der Waals surface area contributed by atoms with Crippen LogP contribution in [0.3, 0.4) is 0 Å². The zero-order valence-electron chi connectivity index (χ0n) is 10.9. The van der Waals surface area contributed by atoms with Gasteiger partial charge < -0.3 is 9.88 Å². The van der Waals surface area contributed by atoms with E-state index in [0.717, 1.165) is 4.47 Å². The fourth-order valence-electron chi connectivity index (χ4n) is 1.73. The molecule has 0 radical (unpaired) electrons. The van der Waals surface area contributed by atoms with E-state index in [2.05, 4.69) is 21.2 Å². The largest absolute Gasteiger partial charge is 0.324 e. The van der Waals surface area contributed by atoms with Crippen molar-refractivity contribution in [3.63, 3.8) is 0 Å². The van der Waals surface area contributed by atoms with Crippen molar-refractivity contribution in [2.45, 2.75) is 13.0 Å². The third kappa shape index (κ3) is 3.87. The Morgan fingerprint density at radius 2 is 1.90 bits per heavy atom. The maximum absolute atomic E-state index is 12.2. The van der Waals surface area contributed by atoms with Gasteiger partial charge >= 0.3 is 0 Å². The number of hydrogen-bond donors (Lipinski definition) is 1. The van der Waals surface area contributed by atoms with Crippen LogP contribution < -0.4 is 10.9 Å². The van der Waals surface area contributed by atoms with Gasteiger partial charge in [0.25, 0.3) is 5.56 Å². The Kier molecular flexibility index (Phi) is 5.08. The number of benzene rings is 1. The minimum absolute atomic E-state index is 0.0224. The van der Waals surface area contributed by atoms with E-state index in [4.69, 9.17) is 23.2 Å². The molecule has 0 saturated carbocycles. The van der Waals surface area contributed by atoms with E-state index in [1.54, 1.807) is 19.1 Å². The molecule has 1 atom stereocenters. The number of nitrogens with one attached hydrogen (secondary N) is 1. The Hall–Kier alpha value is -1.30. The number of rotatable bonds is 3. The van der Waals surface area contributed by atoms with Gasteiger partial charge in [-0.3, -0.25) is 9.59 Å². The van der Waals surface area contributed by atoms with Crippen molar-refractivity contribution in [2.24, 2.45) is 0 Å². The molecule has 2 aromatic rings. The highest BCUT2D eigenvalue weighted by molar-refractivity contribution is 9.10. The molecule has 0 saturated heterocycles. The van der Waals surface area contributed by atoms with Crippen LogP contribution in [0.25, 0.3) is 0 Å². The van der Waals surface area contributed by atoms with Crippen LogP contribution in [0.2, 0.25) is 10.0 Å². The summed E-state index contributed by atoms with van der Waals surface area (Å²) in [5.74, 6) is -0.335. The highest BCUT2D eigenvalue weighted by Gasteiger charge is 2.18. The number of carbonyl (C=O) groups excluding carboxylic acids is 1. The van der Waals surface area contributed by atoms with Crippen LogP contribution in [-0.2, 0) is 4.79 Å². The van der Waals surface area contributed by atoms with E-state index < -0.39 is 11.6 Å². The van der Waals surface area contributed by atoms with E-state index in [1.165, 1.54) is 16.8 Å². The molecule has 1 aromatic carbocycles. The molecule has 0 fully saturated rings. The van der Waals surface area contributed by atoms with Gasteiger partial charge in [0.05, 0.1) is 5.02 Å². The van der Waals surface area contributed by atoms with Crippen molar-refractivity contribution >= 4 is 50.7 Å². The SMILES string of the molecule is CC(C(=O)Nc1ccc(Br)cc1)n1cc(Cl)cc(Cl)c1=O. The Bertz CT molecular complexity index is 729. The molecule has 0 aliphatic heterocycles. The molecule has 1 N–H and O–H groups in total. The lowest BCUT2D eigenvalue weighted by Crippen LogP contribution is -2.31. The molecule has 110 valence electrons. The maximum atomic E-state index is 12.2. The average Bonchev–Trinajstić information content (AvgIpc) is 2.44. The minimum Gasteiger partial charge on any atom is -0.324 e. The van der Waals surface area contributed by atoms with Crippen molar-refractivity contribution in [1.82, 2.24) is 4.57 Å². The maximum Gasteiger partial charge on any atom is 0.270 e. The highest BCUT2D eigenvalue weighted by Crippen LogP contribution is 2.17. The zero-order valence-corrected chi connectivity index (χ0v) is 14.0. The molecule has 1 amide bonds. The van der Waals surface area contributed by atoms with Gasteiger partial charge in [0.15, 0.2) is 0 Å². The number of pyridine rings is 1. The predicted molar refractivity (Wildman–Crippen MR) is 88.2 cm³/mol. The zero-order chi connectivity index (χ0) is 15.6. The second-order valence-electron chi connectivity index (χ2n) is 4.39. The third-order valence-electron chi connectivity index (χ3n) is 2.87. The number of nitrogens with zero attached hydrogens (tertiary/aromatic N) is 1. The summed E-state index contributed by atoms with van der Waals surface area (Å²) in [6, 6.07) is 7.73. The molecular weight excluding hydrogens is 379 g/mol. The molecule has 4 nitrogen and oxygen atoms in total. The number of amides is 1. The smallest absolute Gasteiger partial charge is 0.270 e. The van der Waals surface area contributed by atoms with Crippen LogP contribution in [-0.4, -0.2) is 10.5 Å². The molecule has 0 spiro atoms. The standard InChI is InChI=1S/C14H11BrCl2N2O2/c1-8(19-7-10(16)6-12(17)14(19)21)13(20)18-11-4-2-9(15)3-5-11/h2-8H,1H3,(H,18,20). The molecule has 2 rings (SSSR count). The Morgan fingerprint density at radius 3 is 2.52 bits per heavy atom. The van der Waals surface area contributed by atoms with Crippen LogP contribution in [0.15, 0.2) is 45.8 Å². The number of hydrogen-bond acceptors (Lipinski definition) is 2. The van der Waals surface area contributed by atoms with Gasteiger partial charge in [-0.05, 0) is 37.3 Å². The Balaban J connectivity index is 2.23. The Labute approximate surface area is 139 Å². The van der Waals surface area contributed by atoms with E-state index in [1.807, 2.05) is 12.1 Å². The summed E-state index contributed by atoms with van der Waals surface area (Å²) >= 11 is 15.0. The summed E-state index contributed by atoms with van der Waals surface area (Å²) in [5, 5.41) is 3.00. The molecule has 1 unspecified atom stereocenters. The molecule has 0 bridgehead atoms. The van der Waals surface area contributed by atoms with Gasteiger partial charge in [-0.25, -0.2) is 0 Å². The summed E-state index contributed by atoms with van der Waals surface area (Å²) in [7, 11) is 0. The predicted octanol–water partition coefficient (Wildman–Crippen LogP) is 4.12. The van der Waals surface area contributed by atoms with Crippen molar-refractivity contribution < 1.29 is 4.79 Å². The van der Waals surface area contributed by atoms with Crippen molar-refractivity contribution in [3.8, 4) is 0 Å². The molecule has 1 heterocycles. The van der Waals surface area contributed by atoms with Gasteiger partial charge in [0.1, 0.15) is 11.1 Å². The Morgan fingerprint density at radius 1 is 1.29 bits per heavy atom. The second kappa shape index (κ2) is 6.64. The molecule has 0 aliphatic carbocycles. The van der Waals surface area contributed by atoms with E-state index in [9.17, 15) is 9.59 Å². The van der Waals surface area contributed by atoms with Crippen LogP contribution in [0.4, 0.5) is 5.69 Å². The van der Waals surface area contributed by atoms with E-state index in [-0.39, 0.29) is 10.9 Å². The van der Waals surface area contributed by atoms with Crippen molar-refractivity contribution in [3.05, 3.63) is 61.4 Å². The lowest BCUT2D eigenvalue weighted by Gasteiger charge is -2.16. The number of aromatic nitrogens is 1. The van der Waals surface area contributed by atoms with E-state index in [0.29, 0.717) is 10.7 Å². The number of anilines is 1. The van der Waals surface area contributed by atoms with Gasteiger partial charge in [0, 0.05) is 16.4 Å². The summed E-state index contributed by atoms with van der Waals surface area (Å²) in [5.41, 5.74) is 0.177. The third-order valence-corrected chi connectivity index (χ3v) is 3.88. The van der Waals surface area contributed by atoms with Crippen LogP contribution in [0.5, 0.6) is 0 Å². The molecule has 1 aromatic heterocycles. The quantitative estimate of drug-likeness (QED) is 0.858. The van der Waals surface area contributed by atoms with Gasteiger partial charge in [0.2, 0.25) is 5.91 Å². The van der Waals surface area contributed by atoms with Crippen molar-refractivity contribution in [1.29, 1.82) is 0 Å². The summed E-state index contributed by atoms with van der Waals surface area (Å²) in [6.45, 7) is 1.60. The fourth-order valence-corrected chi connectivity index (χ4v) is 2.48. The van der Waals surface area contributed by atoms with Crippen LogP contribution >= 0.6 is 39.1 Å². The highest BCUT2D eigenvalue weighted by atomic mass is 79.9. The number of carbonyl (C=O) groups is 1. The summed E-state index contributed by atoms with van der Waals surface area (Å²) in [6.07, 6.45) is 1.39. The van der Waals surface area contributed by atoms with Crippen LogP contribution in [0, 0.1) is 0 Å².